The average Bonchev–Trinajstić information content (AvgIpc) is 2.49. The zero-order valence-electron chi connectivity index (χ0n) is 13.5. The minimum Gasteiger partial charge on any atom is -0.373 e. The van der Waals surface area contributed by atoms with Crippen molar-refractivity contribution in [3.8, 4) is 0 Å². The number of fused-ring (bicyclic) bond motifs is 2. The maximum atomic E-state index is 13.0. The molecule has 1 fully saturated rings. The smallest absolute Gasteiger partial charge is 0.274 e. The molecule has 0 bridgehead atoms. The van der Waals surface area contributed by atoms with E-state index in [0.717, 1.165) is 6.42 Å². The van der Waals surface area contributed by atoms with Gasteiger partial charge in [-0.3, -0.25) is 14.3 Å². The van der Waals surface area contributed by atoms with E-state index in [2.05, 4.69) is 5.43 Å². The van der Waals surface area contributed by atoms with E-state index in [1.54, 1.807) is 15.8 Å². The summed E-state index contributed by atoms with van der Waals surface area (Å²) >= 11 is 0. The van der Waals surface area contributed by atoms with Gasteiger partial charge < -0.3 is 15.1 Å². The van der Waals surface area contributed by atoms with E-state index in [1.165, 1.54) is 6.07 Å². The van der Waals surface area contributed by atoms with Crippen molar-refractivity contribution < 1.29 is 9.53 Å². The summed E-state index contributed by atoms with van der Waals surface area (Å²) in [6.07, 6.45) is 2.14. The summed E-state index contributed by atoms with van der Waals surface area (Å²) in [5.74, 6) is -0.0897. The number of amides is 1. The van der Waals surface area contributed by atoms with Gasteiger partial charge in [-0.25, -0.2) is 0 Å². The zero-order chi connectivity index (χ0) is 16.1. The zero-order valence-corrected chi connectivity index (χ0v) is 13.5. The Morgan fingerprint density at radius 2 is 2.14 bits per heavy atom. The van der Waals surface area contributed by atoms with Gasteiger partial charge in [0.25, 0.3) is 5.91 Å². The quantitative estimate of drug-likeness (QED) is 0.894. The van der Waals surface area contributed by atoms with E-state index in [-0.39, 0.29) is 29.0 Å². The van der Waals surface area contributed by atoms with Gasteiger partial charge in [0.15, 0.2) is 5.43 Å². The molecule has 2 atom stereocenters. The molecule has 0 aromatic carbocycles. The van der Waals surface area contributed by atoms with Crippen molar-refractivity contribution in [3.05, 3.63) is 33.7 Å². The number of hydrogen-bond acceptors (Lipinski definition) is 4. The Bertz CT molecular complexity index is 665. The van der Waals surface area contributed by atoms with Crippen molar-refractivity contribution >= 4 is 5.91 Å². The van der Waals surface area contributed by atoms with E-state index in [9.17, 15) is 9.59 Å². The molecule has 1 aromatic heterocycles. The Labute approximate surface area is 130 Å². The Kier molecular flexibility index (Phi) is 3.51. The van der Waals surface area contributed by atoms with Gasteiger partial charge in [0.05, 0.1) is 12.7 Å². The van der Waals surface area contributed by atoms with Crippen molar-refractivity contribution in [2.75, 3.05) is 18.6 Å². The molecule has 1 saturated heterocycles. The molecule has 2 aliphatic heterocycles. The van der Waals surface area contributed by atoms with Gasteiger partial charge in [-0.2, -0.15) is 0 Å². The number of hydrogen-bond donors (Lipinski definition) is 1. The van der Waals surface area contributed by atoms with E-state index in [0.29, 0.717) is 24.4 Å². The highest BCUT2D eigenvalue weighted by molar-refractivity contribution is 5.95. The molecule has 22 heavy (non-hydrogen) atoms. The van der Waals surface area contributed by atoms with Gasteiger partial charge in [-0.15, -0.1) is 0 Å². The van der Waals surface area contributed by atoms with Gasteiger partial charge in [0.1, 0.15) is 11.9 Å². The number of pyridine rings is 1. The molecule has 1 amide bonds. The third-order valence-electron chi connectivity index (χ3n) is 4.89. The molecular formula is C16H23N3O3. The molecule has 0 spiro atoms. The highest BCUT2D eigenvalue weighted by Crippen LogP contribution is 2.30. The molecule has 0 saturated carbocycles. The molecule has 6 nitrogen and oxygen atoms in total. The summed E-state index contributed by atoms with van der Waals surface area (Å²) in [7, 11) is 0. The van der Waals surface area contributed by atoms with Crippen LogP contribution in [0.2, 0.25) is 0 Å². The number of nitrogens with one attached hydrogen (secondary N) is 1. The first-order valence-electron chi connectivity index (χ1n) is 7.82. The van der Waals surface area contributed by atoms with Crippen LogP contribution in [0.1, 0.15) is 50.2 Å². The van der Waals surface area contributed by atoms with Crippen LogP contribution in [0.4, 0.5) is 0 Å². The van der Waals surface area contributed by atoms with E-state index in [4.69, 9.17) is 4.74 Å². The first-order valence-corrected chi connectivity index (χ1v) is 7.82. The van der Waals surface area contributed by atoms with Gasteiger partial charge in [0, 0.05) is 24.4 Å². The van der Waals surface area contributed by atoms with Crippen LogP contribution in [0.15, 0.2) is 17.1 Å². The van der Waals surface area contributed by atoms with Crippen LogP contribution < -0.4 is 10.9 Å². The summed E-state index contributed by atoms with van der Waals surface area (Å²) in [5, 5.41) is 0. The van der Waals surface area contributed by atoms with Crippen LogP contribution in [0.3, 0.4) is 0 Å². The minimum atomic E-state index is -0.350. The van der Waals surface area contributed by atoms with Crippen LogP contribution in [-0.4, -0.2) is 40.9 Å². The number of rotatable bonds is 2. The number of nitrogens with zero attached hydrogens (tertiary/aromatic N) is 2. The Hall–Kier alpha value is -1.82. The summed E-state index contributed by atoms with van der Waals surface area (Å²) in [6.45, 7) is 9.05. The van der Waals surface area contributed by atoms with Crippen LogP contribution in [0, 0.1) is 0 Å². The van der Waals surface area contributed by atoms with Crippen LogP contribution in [0.5, 0.6) is 0 Å². The first kappa shape index (κ1) is 15.1. The predicted octanol–water partition coefficient (Wildman–Crippen LogP) is 1.28. The molecular weight excluding hydrogens is 282 g/mol. The molecule has 3 heterocycles. The third kappa shape index (κ3) is 2.13. The maximum absolute atomic E-state index is 13.0. The molecule has 3 rings (SSSR count). The van der Waals surface area contributed by atoms with Crippen molar-refractivity contribution in [3.63, 3.8) is 0 Å². The molecule has 6 heteroatoms. The molecule has 1 aromatic rings. The number of ether oxygens (including phenoxy) is 1. The predicted molar refractivity (Wildman–Crippen MR) is 83.6 cm³/mol. The van der Waals surface area contributed by atoms with E-state index < -0.39 is 0 Å². The number of carbonyl (C=O) groups is 1. The van der Waals surface area contributed by atoms with Crippen molar-refractivity contribution in [2.45, 2.75) is 51.8 Å². The fraction of sp³-hybridized carbons (Fsp3) is 0.625. The second-order valence-electron chi connectivity index (χ2n) is 6.66. The maximum Gasteiger partial charge on any atom is 0.274 e. The van der Waals surface area contributed by atoms with Gasteiger partial charge in [-0.1, -0.05) is 20.8 Å². The van der Waals surface area contributed by atoms with Crippen molar-refractivity contribution in [1.82, 2.24) is 9.58 Å². The fourth-order valence-corrected chi connectivity index (χ4v) is 3.19. The van der Waals surface area contributed by atoms with E-state index >= 15 is 0 Å². The molecule has 2 unspecified atom stereocenters. The van der Waals surface area contributed by atoms with Gasteiger partial charge in [0.2, 0.25) is 0 Å². The Morgan fingerprint density at radius 1 is 1.41 bits per heavy atom. The summed E-state index contributed by atoms with van der Waals surface area (Å²) in [5.41, 5.74) is 3.93. The molecule has 1 N–H and O–H groups in total. The lowest BCUT2D eigenvalue weighted by atomic mass is 9.80. The summed E-state index contributed by atoms with van der Waals surface area (Å²) in [4.78, 5) is 27.2. The van der Waals surface area contributed by atoms with Gasteiger partial charge in [-0.05, 0) is 18.8 Å². The standard InChI is InChI=1S/C16H23N3O3/c1-5-16(3,4)12-11(20)6-7-19-13(12)15(21)18-8-9-22-10(2)14(18)17-19/h6-7,10,14,17H,5,8-9H2,1-4H3. The van der Waals surface area contributed by atoms with Crippen LogP contribution in [0.25, 0.3) is 0 Å². The summed E-state index contributed by atoms with van der Waals surface area (Å²) < 4.78 is 7.32. The van der Waals surface area contributed by atoms with Gasteiger partial charge >= 0.3 is 0 Å². The highest BCUT2D eigenvalue weighted by atomic mass is 16.5. The number of carbonyl (C=O) groups excluding carboxylic acids is 1. The second kappa shape index (κ2) is 5.12. The number of aromatic nitrogens is 1. The normalized spacial score (nSPS) is 24.5. The number of morpholine rings is 1. The monoisotopic (exact) mass is 305 g/mol. The lowest BCUT2D eigenvalue weighted by molar-refractivity contribution is -0.0492. The lowest BCUT2D eigenvalue weighted by Crippen LogP contribution is -2.62. The SMILES string of the molecule is CCC(C)(C)c1c2n(ccc1=O)NC1C(C)OCCN1C2=O. The largest absolute Gasteiger partial charge is 0.373 e. The topological polar surface area (TPSA) is 63.6 Å². The molecule has 0 radical (unpaired) electrons. The van der Waals surface area contributed by atoms with Crippen molar-refractivity contribution in [2.24, 2.45) is 0 Å². The fourth-order valence-electron chi connectivity index (χ4n) is 3.19. The van der Waals surface area contributed by atoms with E-state index in [1.807, 2.05) is 27.7 Å². The highest BCUT2D eigenvalue weighted by Gasteiger charge is 2.41. The second-order valence-corrected chi connectivity index (χ2v) is 6.66. The molecule has 0 aliphatic carbocycles. The lowest BCUT2D eigenvalue weighted by Gasteiger charge is -2.45. The third-order valence-corrected chi connectivity index (χ3v) is 4.89. The Morgan fingerprint density at radius 3 is 2.82 bits per heavy atom. The molecule has 120 valence electrons. The van der Waals surface area contributed by atoms with Crippen molar-refractivity contribution in [1.29, 1.82) is 0 Å². The minimum absolute atomic E-state index is 0.0759. The average molecular weight is 305 g/mol. The summed E-state index contributed by atoms with van der Waals surface area (Å²) in [6, 6.07) is 1.53. The van der Waals surface area contributed by atoms with Crippen LogP contribution in [-0.2, 0) is 10.2 Å². The Balaban J connectivity index is 2.18. The van der Waals surface area contributed by atoms with Crippen LogP contribution >= 0.6 is 0 Å². The molecule has 2 aliphatic rings. The first-order chi connectivity index (χ1) is 10.4.